The standard InChI is InChI=1S/C16H28N2O/c1-12(2)15(9-17)11-18(4)10-14-8-13(3)6-7-16(14)19-5/h6-8,12,15H,9-11,17H2,1-5H3. The Balaban J connectivity index is 2.70. The Labute approximate surface area is 117 Å². The summed E-state index contributed by atoms with van der Waals surface area (Å²) in [5.41, 5.74) is 8.35. The Morgan fingerprint density at radius 1 is 1.32 bits per heavy atom. The normalized spacial score (nSPS) is 13.1. The second-order valence-corrected chi connectivity index (χ2v) is 5.75. The lowest BCUT2D eigenvalue weighted by Crippen LogP contribution is -2.33. The maximum atomic E-state index is 5.84. The third kappa shape index (κ3) is 4.84. The van der Waals surface area contributed by atoms with Crippen LogP contribution >= 0.6 is 0 Å². The number of ether oxygens (including phenoxy) is 1. The highest BCUT2D eigenvalue weighted by Crippen LogP contribution is 2.21. The monoisotopic (exact) mass is 264 g/mol. The molecule has 0 spiro atoms. The summed E-state index contributed by atoms with van der Waals surface area (Å²) in [5.74, 6) is 2.12. The maximum absolute atomic E-state index is 5.84. The zero-order valence-corrected chi connectivity index (χ0v) is 12.9. The molecule has 19 heavy (non-hydrogen) atoms. The maximum Gasteiger partial charge on any atom is 0.123 e. The van der Waals surface area contributed by atoms with E-state index >= 15 is 0 Å². The van der Waals surface area contributed by atoms with E-state index in [4.69, 9.17) is 10.5 Å². The first-order valence-electron chi connectivity index (χ1n) is 7.00. The van der Waals surface area contributed by atoms with Gasteiger partial charge in [-0.3, -0.25) is 0 Å². The molecule has 0 aliphatic carbocycles. The van der Waals surface area contributed by atoms with Crippen LogP contribution in [0.4, 0.5) is 0 Å². The van der Waals surface area contributed by atoms with Crippen LogP contribution in [0.5, 0.6) is 5.75 Å². The van der Waals surface area contributed by atoms with Crippen molar-refractivity contribution in [2.45, 2.75) is 27.3 Å². The Kier molecular flexibility index (Phi) is 6.32. The number of nitrogens with zero attached hydrogens (tertiary/aromatic N) is 1. The fourth-order valence-electron chi connectivity index (χ4n) is 2.34. The van der Waals surface area contributed by atoms with Gasteiger partial charge in [0.2, 0.25) is 0 Å². The zero-order chi connectivity index (χ0) is 14.4. The molecule has 108 valence electrons. The first-order chi connectivity index (χ1) is 8.97. The molecule has 0 aliphatic rings. The summed E-state index contributed by atoms with van der Waals surface area (Å²) in [6, 6.07) is 6.32. The number of methoxy groups -OCH3 is 1. The van der Waals surface area contributed by atoms with Crippen LogP contribution < -0.4 is 10.5 Å². The van der Waals surface area contributed by atoms with Gasteiger partial charge >= 0.3 is 0 Å². The van der Waals surface area contributed by atoms with Crippen molar-refractivity contribution in [1.29, 1.82) is 0 Å². The van der Waals surface area contributed by atoms with Gasteiger partial charge in [0.25, 0.3) is 0 Å². The minimum atomic E-state index is 0.542. The topological polar surface area (TPSA) is 38.5 Å². The van der Waals surface area contributed by atoms with Gasteiger partial charge in [-0.2, -0.15) is 0 Å². The van der Waals surface area contributed by atoms with Crippen molar-refractivity contribution < 1.29 is 4.74 Å². The Hall–Kier alpha value is -1.06. The third-order valence-corrected chi connectivity index (χ3v) is 3.67. The molecular weight excluding hydrogens is 236 g/mol. The van der Waals surface area contributed by atoms with Crippen LogP contribution in [0.1, 0.15) is 25.0 Å². The van der Waals surface area contributed by atoms with Crippen LogP contribution in [-0.2, 0) is 6.54 Å². The van der Waals surface area contributed by atoms with Crippen molar-refractivity contribution in [3.63, 3.8) is 0 Å². The van der Waals surface area contributed by atoms with Crippen LogP contribution in [0, 0.1) is 18.8 Å². The van der Waals surface area contributed by atoms with E-state index in [9.17, 15) is 0 Å². The van der Waals surface area contributed by atoms with Crippen LogP contribution in [0.2, 0.25) is 0 Å². The quantitative estimate of drug-likeness (QED) is 0.823. The number of hydrogen-bond donors (Lipinski definition) is 1. The molecule has 1 unspecified atom stereocenters. The van der Waals surface area contributed by atoms with Gasteiger partial charge in [-0.15, -0.1) is 0 Å². The summed E-state index contributed by atoms with van der Waals surface area (Å²) in [5, 5.41) is 0. The molecule has 0 heterocycles. The molecule has 2 N–H and O–H groups in total. The Morgan fingerprint density at radius 2 is 2.00 bits per heavy atom. The molecule has 0 aromatic heterocycles. The average Bonchev–Trinajstić information content (AvgIpc) is 2.35. The molecule has 1 atom stereocenters. The minimum Gasteiger partial charge on any atom is -0.496 e. The Morgan fingerprint density at radius 3 is 2.53 bits per heavy atom. The lowest BCUT2D eigenvalue weighted by atomic mass is 9.95. The molecule has 0 saturated heterocycles. The van der Waals surface area contributed by atoms with E-state index in [1.165, 1.54) is 11.1 Å². The summed E-state index contributed by atoms with van der Waals surface area (Å²) in [6.45, 7) is 9.24. The molecule has 0 radical (unpaired) electrons. The van der Waals surface area contributed by atoms with Crippen molar-refractivity contribution in [2.75, 3.05) is 27.2 Å². The fraction of sp³-hybridized carbons (Fsp3) is 0.625. The number of nitrogens with two attached hydrogens (primary N) is 1. The van der Waals surface area contributed by atoms with E-state index in [0.29, 0.717) is 11.8 Å². The molecule has 0 saturated carbocycles. The molecule has 0 amide bonds. The zero-order valence-electron chi connectivity index (χ0n) is 12.9. The second kappa shape index (κ2) is 7.51. The number of benzene rings is 1. The first-order valence-corrected chi connectivity index (χ1v) is 7.00. The largest absolute Gasteiger partial charge is 0.496 e. The molecule has 1 aromatic rings. The molecule has 0 fully saturated rings. The minimum absolute atomic E-state index is 0.542. The fourth-order valence-corrected chi connectivity index (χ4v) is 2.34. The average molecular weight is 264 g/mol. The van der Waals surface area contributed by atoms with E-state index in [2.05, 4.69) is 44.9 Å². The highest BCUT2D eigenvalue weighted by molar-refractivity contribution is 5.36. The molecule has 0 aliphatic heterocycles. The van der Waals surface area contributed by atoms with Crippen LogP contribution in [0.25, 0.3) is 0 Å². The molecule has 3 nitrogen and oxygen atoms in total. The summed E-state index contributed by atoms with van der Waals surface area (Å²) in [7, 11) is 3.87. The molecule has 3 heteroatoms. The predicted molar refractivity (Wildman–Crippen MR) is 81.4 cm³/mol. The van der Waals surface area contributed by atoms with Gasteiger partial charge in [-0.25, -0.2) is 0 Å². The second-order valence-electron chi connectivity index (χ2n) is 5.75. The van der Waals surface area contributed by atoms with Gasteiger partial charge in [0.05, 0.1) is 7.11 Å². The lowest BCUT2D eigenvalue weighted by molar-refractivity contribution is 0.232. The third-order valence-electron chi connectivity index (χ3n) is 3.67. The van der Waals surface area contributed by atoms with Crippen molar-refractivity contribution >= 4 is 0 Å². The number of hydrogen-bond acceptors (Lipinski definition) is 3. The van der Waals surface area contributed by atoms with E-state index in [1.54, 1.807) is 7.11 Å². The van der Waals surface area contributed by atoms with Crippen LogP contribution in [-0.4, -0.2) is 32.1 Å². The van der Waals surface area contributed by atoms with E-state index in [-0.39, 0.29) is 0 Å². The van der Waals surface area contributed by atoms with E-state index in [0.717, 1.165) is 25.4 Å². The summed E-state index contributed by atoms with van der Waals surface area (Å²) in [4.78, 5) is 2.33. The summed E-state index contributed by atoms with van der Waals surface area (Å²) < 4.78 is 5.43. The highest BCUT2D eigenvalue weighted by atomic mass is 16.5. The molecular formula is C16H28N2O. The summed E-state index contributed by atoms with van der Waals surface area (Å²) >= 11 is 0. The smallest absolute Gasteiger partial charge is 0.123 e. The number of rotatable bonds is 7. The van der Waals surface area contributed by atoms with Gasteiger partial charge in [-0.1, -0.05) is 31.5 Å². The molecule has 1 rings (SSSR count). The van der Waals surface area contributed by atoms with Crippen LogP contribution in [0.15, 0.2) is 18.2 Å². The van der Waals surface area contributed by atoms with Crippen molar-refractivity contribution in [1.82, 2.24) is 4.90 Å². The van der Waals surface area contributed by atoms with Crippen molar-refractivity contribution in [3.05, 3.63) is 29.3 Å². The Bertz CT molecular complexity index is 390. The van der Waals surface area contributed by atoms with Gasteiger partial charge in [0.1, 0.15) is 5.75 Å². The van der Waals surface area contributed by atoms with Crippen molar-refractivity contribution in [2.24, 2.45) is 17.6 Å². The van der Waals surface area contributed by atoms with E-state index < -0.39 is 0 Å². The molecule has 1 aromatic carbocycles. The summed E-state index contributed by atoms with van der Waals surface area (Å²) in [6.07, 6.45) is 0. The lowest BCUT2D eigenvalue weighted by Gasteiger charge is -2.26. The predicted octanol–water partition coefficient (Wildman–Crippen LogP) is 2.67. The highest BCUT2D eigenvalue weighted by Gasteiger charge is 2.15. The van der Waals surface area contributed by atoms with Gasteiger partial charge in [-0.05, 0) is 38.4 Å². The molecule has 0 bridgehead atoms. The number of aryl methyl sites for hydroxylation is 1. The van der Waals surface area contributed by atoms with Crippen LogP contribution in [0.3, 0.4) is 0 Å². The SMILES string of the molecule is COc1ccc(C)cc1CN(C)CC(CN)C(C)C. The van der Waals surface area contributed by atoms with E-state index in [1.807, 2.05) is 6.07 Å². The van der Waals surface area contributed by atoms with Crippen molar-refractivity contribution in [3.8, 4) is 5.75 Å². The van der Waals surface area contributed by atoms with Gasteiger partial charge in [0.15, 0.2) is 0 Å². The first kappa shape index (κ1) is 16.0. The van der Waals surface area contributed by atoms with Gasteiger partial charge in [0, 0.05) is 18.7 Å². The van der Waals surface area contributed by atoms with Gasteiger partial charge < -0.3 is 15.4 Å².